The highest BCUT2D eigenvalue weighted by molar-refractivity contribution is 7.98. The Kier molecular flexibility index (Phi) is 5.06. The standard InChI is InChI=1S/C18H15F3N6OS2/c1-8-3-5-10(6-4-8)12-9(2)30-15-13(12)14(28)23-11(24-15)7-29-17-26-25-16(27(17)22)18(19,20)21/h3-6H,7,22H2,1-2H3,(H,23,24,28). The highest BCUT2D eigenvalue weighted by Gasteiger charge is 2.38. The molecule has 0 bridgehead atoms. The SMILES string of the molecule is Cc1ccc(-c2c(C)sc3nc(CSc4nnc(C(F)(F)F)n4N)[nH]c(=O)c23)cc1. The van der Waals surface area contributed by atoms with Gasteiger partial charge in [0.15, 0.2) is 0 Å². The van der Waals surface area contributed by atoms with Gasteiger partial charge in [-0.05, 0) is 19.4 Å². The van der Waals surface area contributed by atoms with Crippen LogP contribution >= 0.6 is 23.1 Å². The van der Waals surface area contributed by atoms with Gasteiger partial charge >= 0.3 is 6.18 Å². The molecule has 0 saturated heterocycles. The molecule has 0 saturated carbocycles. The molecule has 0 amide bonds. The Hall–Kier alpha value is -2.86. The second-order valence-corrected chi connectivity index (χ2v) is 8.70. The molecule has 0 spiro atoms. The van der Waals surface area contributed by atoms with Gasteiger partial charge < -0.3 is 10.8 Å². The third-order valence-corrected chi connectivity index (χ3v) is 6.34. The van der Waals surface area contributed by atoms with Gasteiger partial charge in [0.1, 0.15) is 10.7 Å². The molecule has 0 unspecified atom stereocenters. The van der Waals surface area contributed by atoms with Gasteiger partial charge in [-0.2, -0.15) is 13.2 Å². The highest BCUT2D eigenvalue weighted by Crippen LogP contribution is 2.36. The number of aryl methyl sites for hydroxylation is 2. The Morgan fingerprint density at radius 3 is 2.53 bits per heavy atom. The van der Waals surface area contributed by atoms with Gasteiger partial charge in [-0.3, -0.25) is 4.79 Å². The molecule has 0 aliphatic rings. The lowest BCUT2D eigenvalue weighted by Gasteiger charge is -2.06. The maximum absolute atomic E-state index is 12.8. The van der Waals surface area contributed by atoms with Crippen LogP contribution in [0.15, 0.2) is 34.2 Å². The average Bonchev–Trinajstić information content (AvgIpc) is 3.20. The summed E-state index contributed by atoms with van der Waals surface area (Å²) >= 11 is 2.29. The minimum atomic E-state index is -4.70. The summed E-state index contributed by atoms with van der Waals surface area (Å²) in [6, 6.07) is 7.87. The first kappa shape index (κ1) is 20.4. The van der Waals surface area contributed by atoms with Crippen LogP contribution in [0.4, 0.5) is 13.2 Å². The fourth-order valence-corrected chi connectivity index (χ4v) is 4.79. The summed E-state index contributed by atoms with van der Waals surface area (Å²) in [5.41, 5.74) is 2.57. The van der Waals surface area contributed by atoms with E-state index >= 15 is 0 Å². The topological polar surface area (TPSA) is 102 Å². The molecule has 3 N–H and O–H groups in total. The molecule has 156 valence electrons. The number of H-pyrrole nitrogens is 1. The highest BCUT2D eigenvalue weighted by atomic mass is 32.2. The van der Waals surface area contributed by atoms with Crippen molar-refractivity contribution in [3.8, 4) is 11.1 Å². The smallest absolute Gasteiger partial charge is 0.335 e. The van der Waals surface area contributed by atoms with Crippen molar-refractivity contribution in [1.82, 2.24) is 24.8 Å². The van der Waals surface area contributed by atoms with E-state index in [-0.39, 0.29) is 16.5 Å². The van der Waals surface area contributed by atoms with Crippen LogP contribution in [0, 0.1) is 13.8 Å². The summed E-state index contributed by atoms with van der Waals surface area (Å²) in [5, 5.41) is 6.90. The van der Waals surface area contributed by atoms with Crippen molar-refractivity contribution < 1.29 is 13.2 Å². The van der Waals surface area contributed by atoms with Crippen LogP contribution in [0.25, 0.3) is 21.3 Å². The number of nitrogen functional groups attached to an aromatic ring is 1. The predicted octanol–water partition coefficient (Wildman–Crippen LogP) is 3.88. The third-order valence-electron chi connectivity index (χ3n) is 4.38. The summed E-state index contributed by atoms with van der Waals surface area (Å²) in [7, 11) is 0. The van der Waals surface area contributed by atoms with Crippen molar-refractivity contribution in [3.63, 3.8) is 0 Å². The van der Waals surface area contributed by atoms with E-state index < -0.39 is 12.0 Å². The molecule has 0 radical (unpaired) electrons. The molecule has 1 aromatic carbocycles. The second-order valence-electron chi connectivity index (χ2n) is 6.55. The van der Waals surface area contributed by atoms with Crippen LogP contribution in [0.2, 0.25) is 0 Å². The van der Waals surface area contributed by atoms with Gasteiger partial charge in [-0.15, -0.1) is 21.5 Å². The third kappa shape index (κ3) is 3.67. The molecule has 0 fully saturated rings. The molecule has 0 atom stereocenters. The lowest BCUT2D eigenvalue weighted by atomic mass is 10.0. The molecule has 4 rings (SSSR count). The maximum atomic E-state index is 12.8. The minimum absolute atomic E-state index is 0.0786. The molecule has 30 heavy (non-hydrogen) atoms. The number of halogens is 3. The Morgan fingerprint density at radius 2 is 1.90 bits per heavy atom. The van der Waals surface area contributed by atoms with Gasteiger partial charge in [0.2, 0.25) is 5.16 Å². The van der Waals surface area contributed by atoms with Gasteiger partial charge in [0.25, 0.3) is 11.4 Å². The zero-order valence-electron chi connectivity index (χ0n) is 15.7. The van der Waals surface area contributed by atoms with E-state index in [0.29, 0.717) is 20.7 Å². The normalized spacial score (nSPS) is 12.0. The van der Waals surface area contributed by atoms with Gasteiger partial charge in [0.05, 0.1) is 11.1 Å². The van der Waals surface area contributed by atoms with E-state index in [1.54, 1.807) is 0 Å². The van der Waals surface area contributed by atoms with Crippen molar-refractivity contribution in [2.45, 2.75) is 30.9 Å². The van der Waals surface area contributed by atoms with E-state index in [9.17, 15) is 18.0 Å². The number of nitrogens with one attached hydrogen (secondary N) is 1. The van der Waals surface area contributed by atoms with E-state index in [1.807, 2.05) is 38.1 Å². The number of rotatable bonds is 4. The van der Waals surface area contributed by atoms with Crippen LogP contribution < -0.4 is 11.4 Å². The fraction of sp³-hybridized carbons (Fsp3) is 0.222. The molecule has 4 aromatic rings. The lowest BCUT2D eigenvalue weighted by Crippen LogP contribution is -2.21. The van der Waals surface area contributed by atoms with Gasteiger partial charge in [-0.25, -0.2) is 9.66 Å². The van der Waals surface area contributed by atoms with E-state index in [4.69, 9.17) is 5.84 Å². The maximum Gasteiger partial charge on any atom is 0.453 e. The first-order valence-corrected chi connectivity index (χ1v) is 10.4. The summed E-state index contributed by atoms with van der Waals surface area (Å²) in [4.78, 5) is 21.5. The average molecular weight is 452 g/mol. The van der Waals surface area contributed by atoms with E-state index in [1.165, 1.54) is 11.3 Å². The Morgan fingerprint density at radius 1 is 1.20 bits per heavy atom. The Balaban J connectivity index is 1.66. The zero-order chi connectivity index (χ0) is 21.6. The van der Waals surface area contributed by atoms with Crippen LogP contribution in [0.3, 0.4) is 0 Å². The number of alkyl halides is 3. The molecule has 3 heterocycles. The summed E-state index contributed by atoms with van der Waals surface area (Å²) in [6.07, 6.45) is -4.70. The van der Waals surface area contributed by atoms with Crippen molar-refractivity contribution in [3.05, 3.63) is 56.7 Å². The molecular weight excluding hydrogens is 437 g/mol. The summed E-state index contributed by atoms with van der Waals surface area (Å²) < 4.78 is 38.7. The molecule has 0 aliphatic heterocycles. The van der Waals surface area contributed by atoms with E-state index in [0.717, 1.165) is 33.3 Å². The van der Waals surface area contributed by atoms with E-state index in [2.05, 4.69) is 20.2 Å². The molecule has 7 nitrogen and oxygen atoms in total. The van der Waals surface area contributed by atoms with Gasteiger partial charge in [0, 0.05) is 10.4 Å². The minimum Gasteiger partial charge on any atom is -0.335 e. The Labute approximate surface area is 176 Å². The number of fused-ring (bicyclic) bond motifs is 1. The largest absolute Gasteiger partial charge is 0.453 e. The van der Waals surface area contributed by atoms with Crippen molar-refractivity contribution in [2.75, 3.05) is 5.84 Å². The molecular formula is C18H15F3N6OS2. The summed E-state index contributed by atoms with van der Waals surface area (Å²) in [6.45, 7) is 3.91. The van der Waals surface area contributed by atoms with Crippen LogP contribution in [0.5, 0.6) is 0 Å². The number of nitrogens with zero attached hydrogens (tertiary/aromatic N) is 4. The number of thiophene rings is 1. The lowest BCUT2D eigenvalue weighted by molar-refractivity contribution is -0.146. The first-order chi connectivity index (χ1) is 14.1. The quantitative estimate of drug-likeness (QED) is 0.360. The monoisotopic (exact) mass is 452 g/mol. The number of hydrogen-bond acceptors (Lipinski definition) is 7. The number of hydrogen-bond donors (Lipinski definition) is 2. The number of thioether (sulfide) groups is 1. The number of nitrogens with two attached hydrogens (primary N) is 1. The Bertz CT molecular complexity index is 1290. The van der Waals surface area contributed by atoms with Gasteiger partial charge in [-0.1, -0.05) is 41.6 Å². The van der Waals surface area contributed by atoms with Crippen molar-refractivity contribution >= 4 is 33.3 Å². The van der Waals surface area contributed by atoms with Crippen molar-refractivity contribution in [2.24, 2.45) is 0 Å². The second kappa shape index (κ2) is 7.43. The number of aromatic amines is 1. The number of aromatic nitrogens is 5. The molecule has 12 heteroatoms. The molecule has 3 aromatic heterocycles. The van der Waals surface area contributed by atoms with Crippen LogP contribution in [-0.2, 0) is 11.9 Å². The molecule has 0 aliphatic carbocycles. The fourth-order valence-electron chi connectivity index (χ4n) is 3.00. The van der Waals surface area contributed by atoms with Crippen molar-refractivity contribution in [1.29, 1.82) is 0 Å². The predicted molar refractivity (Wildman–Crippen MR) is 110 cm³/mol. The summed E-state index contributed by atoms with van der Waals surface area (Å²) in [5.74, 6) is 4.53. The zero-order valence-corrected chi connectivity index (χ0v) is 17.4. The van der Waals surface area contributed by atoms with Crippen LogP contribution in [0.1, 0.15) is 22.1 Å². The number of benzene rings is 1. The first-order valence-electron chi connectivity index (χ1n) is 8.65. The van der Waals surface area contributed by atoms with Crippen LogP contribution in [-0.4, -0.2) is 24.8 Å².